The van der Waals surface area contributed by atoms with Gasteiger partial charge < -0.3 is 5.32 Å². The maximum atomic E-state index is 13.0. The lowest BCUT2D eigenvalue weighted by atomic mass is 9.95. The predicted molar refractivity (Wildman–Crippen MR) is 119 cm³/mol. The summed E-state index contributed by atoms with van der Waals surface area (Å²) in [6, 6.07) is 9.33. The number of nitrogens with zero attached hydrogens (tertiary/aromatic N) is 6. The molecule has 0 aliphatic carbocycles. The van der Waals surface area contributed by atoms with Crippen LogP contribution in [0.15, 0.2) is 49.1 Å². The van der Waals surface area contributed by atoms with Gasteiger partial charge in [-0.05, 0) is 36.3 Å². The zero-order chi connectivity index (χ0) is 22.0. The third kappa shape index (κ3) is 4.07. The quantitative estimate of drug-likeness (QED) is 0.534. The van der Waals surface area contributed by atoms with Gasteiger partial charge in [-0.25, -0.2) is 9.67 Å². The zero-order valence-electron chi connectivity index (χ0n) is 17.4. The molecule has 0 aliphatic rings. The van der Waals surface area contributed by atoms with Crippen molar-refractivity contribution in [3.63, 3.8) is 0 Å². The van der Waals surface area contributed by atoms with Gasteiger partial charge in [0.1, 0.15) is 11.8 Å². The number of fused-ring (bicyclic) bond motifs is 1. The van der Waals surface area contributed by atoms with Gasteiger partial charge >= 0.3 is 0 Å². The summed E-state index contributed by atoms with van der Waals surface area (Å²) in [4.78, 5) is 17.1. The number of pyridine rings is 1. The Morgan fingerprint density at radius 2 is 2.06 bits per heavy atom. The van der Waals surface area contributed by atoms with Crippen molar-refractivity contribution < 1.29 is 4.79 Å². The molecular formula is C23H21N7O. The van der Waals surface area contributed by atoms with Crippen LogP contribution in [0.3, 0.4) is 0 Å². The van der Waals surface area contributed by atoms with E-state index in [-0.39, 0.29) is 17.5 Å². The first kappa shape index (κ1) is 20.0. The number of amides is 1. The second kappa shape index (κ2) is 8.24. The molecule has 0 unspecified atom stereocenters. The van der Waals surface area contributed by atoms with Crippen molar-refractivity contribution in [2.45, 2.75) is 19.8 Å². The number of aromatic nitrogens is 5. The molecule has 8 heteroatoms. The van der Waals surface area contributed by atoms with Crippen LogP contribution in [-0.4, -0.2) is 30.5 Å². The Labute approximate surface area is 179 Å². The van der Waals surface area contributed by atoms with Crippen molar-refractivity contribution in [3.05, 3.63) is 71.4 Å². The molecule has 0 atom stereocenters. The van der Waals surface area contributed by atoms with E-state index in [1.165, 1.54) is 6.20 Å². The largest absolute Gasteiger partial charge is 0.322 e. The maximum absolute atomic E-state index is 13.0. The summed E-state index contributed by atoms with van der Waals surface area (Å²) in [6.07, 6.45) is 10.7. The fourth-order valence-electron chi connectivity index (χ4n) is 3.46. The van der Waals surface area contributed by atoms with Gasteiger partial charge in [-0.3, -0.25) is 9.48 Å². The molecule has 0 saturated heterocycles. The average Bonchev–Trinajstić information content (AvgIpc) is 3.36. The van der Waals surface area contributed by atoms with Gasteiger partial charge in [-0.15, -0.1) is 0 Å². The standard InChI is InChI=1S/C23H21N7O/c1-15(2)22-19(6-8-25-20(22)11-24)23(31)28-18-5-4-17-13-27-30(21(17)10-18)9-7-16-12-26-29(3)14-16/h4-10,12-15H,1-3H3,(H,28,31)/b9-7+. The van der Waals surface area contributed by atoms with Gasteiger partial charge in [0, 0.05) is 53.4 Å². The monoisotopic (exact) mass is 411 g/mol. The van der Waals surface area contributed by atoms with Crippen molar-refractivity contribution in [1.82, 2.24) is 24.5 Å². The van der Waals surface area contributed by atoms with Crippen LogP contribution in [0.1, 0.15) is 46.9 Å². The molecule has 0 fully saturated rings. The Balaban J connectivity index is 1.63. The number of carbonyl (C=O) groups excluding carboxylic acids is 1. The maximum Gasteiger partial charge on any atom is 0.256 e. The third-order valence-corrected chi connectivity index (χ3v) is 4.91. The molecule has 0 radical (unpaired) electrons. The molecule has 8 nitrogen and oxygen atoms in total. The molecule has 4 aromatic rings. The summed E-state index contributed by atoms with van der Waals surface area (Å²) >= 11 is 0. The van der Waals surface area contributed by atoms with Crippen LogP contribution in [0.5, 0.6) is 0 Å². The van der Waals surface area contributed by atoms with Gasteiger partial charge in [0.25, 0.3) is 5.91 Å². The summed E-state index contributed by atoms with van der Waals surface area (Å²) in [7, 11) is 1.86. The first-order valence-corrected chi connectivity index (χ1v) is 9.80. The van der Waals surface area contributed by atoms with Crippen LogP contribution < -0.4 is 5.32 Å². The molecule has 0 aliphatic heterocycles. The minimum absolute atomic E-state index is 0.00868. The highest BCUT2D eigenvalue weighted by Crippen LogP contribution is 2.24. The van der Waals surface area contributed by atoms with E-state index < -0.39 is 0 Å². The summed E-state index contributed by atoms with van der Waals surface area (Å²) in [5.41, 5.74) is 3.83. The first-order chi connectivity index (χ1) is 15.0. The van der Waals surface area contributed by atoms with Crippen LogP contribution in [0.4, 0.5) is 5.69 Å². The van der Waals surface area contributed by atoms with E-state index in [4.69, 9.17) is 0 Å². The fraction of sp³-hybridized carbons (Fsp3) is 0.174. The molecule has 31 heavy (non-hydrogen) atoms. The molecular weight excluding hydrogens is 390 g/mol. The topological polar surface area (TPSA) is 101 Å². The second-order valence-corrected chi connectivity index (χ2v) is 7.47. The Morgan fingerprint density at radius 3 is 2.77 bits per heavy atom. The molecule has 1 N–H and O–H groups in total. The molecule has 3 heterocycles. The van der Waals surface area contributed by atoms with Crippen molar-refractivity contribution >= 4 is 34.8 Å². The highest BCUT2D eigenvalue weighted by atomic mass is 16.1. The summed E-state index contributed by atoms with van der Waals surface area (Å²) in [5.74, 6) is -0.287. The number of carbonyl (C=O) groups is 1. The number of nitrogens with one attached hydrogen (secondary N) is 1. The fourth-order valence-corrected chi connectivity index (χ4v) is 3.46. The van der Waals surface area contributed by atoms with Gasteiger partial charge in [-0.1, -0.05) is 13.8 Å². The van der Waals surface area contributed by atoms with E-state index in [1.54, 1.807) is 27.8 Å². The minimum Gasteiger partial charge on any atom is -0.322 e. The number of anilines is 1. The second-order valence-electron chi connectivity index (χ2n) is 7.47. The van der Waals surface area contributed by atoms with E-state index in [0.717, 1.165) is 16.5 Å². The highest BCUT2D eigenvalue weighted by Gasteiger charge is 2.19. The Kier molecular flexibility index (Phi) is 5.33. The zero-order valence-corrected chi connectivity index (χ0v) is 17.4. The highest BCUT2D eigenvalue weighted by molar-refractivity contribution is 6.06. The summed E-state index contributed by atoms with van der Waals surface area (Å²) < 4.78 is 3.48. The number of hydrogen-bond donors (Lipinski definition) is 1. The van der Waals surface area contributed by atoms with Crippen molar-refractivity contribution in [1.29, 1.82) is 5.26 Å². The molecule has 1 aromatic carbocycles. The predicted octanol–water partition coefficient (Wildman–Crippen LogP) is 4.04. The molecule has 4 rings (SSSR count). The lowest BCUT2D eigenvalue weighted by Crippen LogP contribution is -2.16. The number of nitriles is 1. The lowest BCUT2D eigenvalue weighted by molar-refractivity contribution is 0.102. The normalized spacial score (nSPS) is 11.3. The van der Waals surface area contributed by atoms with E-state index >= 15 is 0 Å². The van der Waals surface area contributed by atoms with Gasteiger partial charge in [0.15, 0.2) is 0 Å². The number of benzene rings is 1. The molecule has 0 bridgehead atoms. The Hall–Kier alpha value is -4.25. The number of aryl methyl sites for hydroxylation is 1. The molecule has 1 amide bonds. The third-order valence-electron chi connectivity index (χ3n) is 4.91. The SMILES string of the molecule is CC(C)c1c(C(=O)Nc2ccc3cnn(/C=C/c4cnn(C)c4)c3c2)ccnc1C#N. The minimum atomic E-state index is -0.279. The molecule has 0 spiro atoms. The molecule has 154 valence electrons. The van der Waals surface area contributed by atoms with Crippen LogP contribution in [0.2, 0.25) is 0 Å². The van der Waals surface area contributed by atoms with E-state index in [2.05, 4.69) is 26.6 Å². The Morgan fingerprint density at radius 1 is 1.23 bits per heavy atom. The number of hydrogen-bond acceptors (Lipinski definition) is 5. The van der Waals surface area contributed by atoms with Crippen LogP contribution in [-0.2, 0) is 7.05 Å². The first-order valence-electron chi connectivity index (χ1n) is 9.80. The van der Waals surface area contributed by atoms with Crippen LogP contribution in [0, 0.1) is 11.3 Å². The molecule has 3 aromatic heterocycles. The van der Waals surface area contributed by atoms with Crippen molar-refractivity contribution in [3.8, 4) is 6.07 Å². The van der Waals surface area contributed by atoms with Gasteiger partial charge in [-0.2, -0.15) is 15.5 Å². The molecule has 0 saturated carbocycles. The van der Waals surface area contributed by atoms with Crippen molar-refractivity contribution in [2.75, 3.05) is 5.32 Å². The summed E-state index contributed by atoms with van der Waals surface area (Å²) in [5, 5.41) is 21.8. The summed E-state index contributed by atoms with van der Waals surface area (Å²) in [6.45, 7) is 3.88. The van der Waals surface area contributed by atoms with E-state index in [9.17, 15) is 10.1 Å². The Bertz CT molecular complexity index is 1340. The number of rotatable bonds is 5. The lowest BCUT2D eigenvalue weighted by Gasteiger charge is -2.14. The average molecular weight is 411 g/mol. The smallest absolute Gasteiger partial charge is 0.256 e. The van der Waals surface area contributed by atoms with Crippen molar-refractivity contribution in [2.24, 2.45) is 7.05 Å². The van der Waals surface area contributed by atoms with Gasteiger partial charge in [0.2, 0.25) is 0 Å². The van der Waals surface area contributed by atoms with E-state index in [0.29, 0.717) is 16.8 Å². The van der Waals surface area contributed by atoms with Crippen LogP contribution >= 0.6 is 0 Å². The van der Waals surface area contributed by atoms with Gasteiger partial charge in [0.05, 0.1) is 17.9 Å². The van der Waals surface area contributed by atoms with Crippen LogP contribution in [0.25, 0.3) is 23.2 Å². The van der Waals surface area contributed by atoms with E-state index in [1.807, 2.05) is 57.6 Å².